The van der Waals surface area contributed by atoms with Gasteiger partial charge in [-0.1, -0.05) is 12.1 Å². The summed E-state index contributed by atoms with van der Waals surface area (Å²) < 4.78 is 0. The van der Waals surface area contributed by atoms with Gasteiger partial charge in [-0.25, -0.2) is 5.10 Å². The van der Waals surface area contributed by atoms with Crippen molar-refractivity contribution in [2.24, 2.45) is 0 Å². The Balaban J connectivity index is 2.00. The molecule has 0 atom stereocenters. The first kappa shape index (κ1) is 11.8. The average Bonchev–Trinajstić information content (AvgIpc) is 2.37. The van der Waals surface area contributed by atoms with Gasteiger partial charge in [-0.05, 0) is 23.8 Å². The number of nitrogens with one attached hydrogen (secondary N) is 2. The molecule has 1 aromatic carbocycles. The van der Waals surface area contributed by atoms with Crippen molar-refractivity contribution in [2.75, 3.05) is 5.73 Å². The Kier molecular flexibility index (Phi) is 3.38. The molecule has 18 heavy (non-hydrogen) atoms. The Morgan fingerprint density at radius 1 is 1.33 bits per heavy atom. The van der Waals surface area contributed by atoms with E-state index in [1.54, 1.807) is 12.1 Å². The number of aromatic amines is 1. The maximum Gasteiger partial charge on any atom is 0.271 e. The van der Waals surface area contributed by atoms with Crippen molar-refractivity contribution in [3.8, 4) is 0 Å². The third kappa shape index (κ3) is 2.94. The summed E-state index contributed by atoms with van der Waals surface area (Å²) in [5.74, 6) is -0.353. The molecule has 1 heterocycles. The summed E-state index contributed by atoms with van der Waals surface area (Å²) in [7, 11) is 0. The predicted molar refractivity (Wildman–Crippen MR) is 66.9 cm³/mol. The highest BCUT2D eigenvalue weighted by molar-refractivity contribution is 5.91. The monoisotopic (exact) mass is 244 g/mol. The SMILES string of the molecule is Nc1cccc(CNC(=O)c2ccc(=O)[nH]n2)c1. The van der Waals surface area contributed by atoms with Gasteiger partial charge in [0, 0.05) is 18.3 Å². The van der Waals surface area contributed by atoms with Gasteiger partial charge in [0.15, 0.2) is 0 Å². The summed E-state index contributed by atoms with van der Waals surface area (Å²) in [5.41, 5.74) is 6.99. The number of carbonyl (C=O) groups is 1. The van der Waals surface area contributed by atoms with E-state index >= 15 is 0 Å². The molecule has 0 spiro atoms. The zero-order valence-corrected chi connectivity index (χ0v) is 9.51. The van der Waals surface area contributed by atoms with Gasteiger partial charge in [0.25, 0.3) is 11.5 Å². The number of aromatic nitrogens is 2. The molecule has 1 amide bonds. The average molecular weight is 244 g/mol. The Hall–Kier alpha value is -2.63. The van der Waals surface area contributed by atoms with Crippen LogP contribution in [0.15, 0.2) is 41.2 Å². The van der Waals surface area contributed by atoms with Crippen molar-refractivity contribution in [3.63, 3.8) is 0 Å². The summed E-state index contributed by atoms with van der Waals surface area (Å²) in [6.07, 6.45) is 0. The predicted octanol–water partition coefficient (Wildman–Crippen LogP) is 0.282. The largest absolute Gasteiger partial charge is 0.399 e. The van der Waals surface area contributed by atoms with Crippen LogP contribution in [-0.2, 0) is 6.54 Å². The van der Waals surface area contributed by atoms with Crippen LogP contribution in [0.5, 0.6) is 0 Å². The van der Waals surface area contributed by atoms with Gasteiger partial charge in [-0.2, -0.15) is 5.10 Å². The first-order valence-corrected chi connectivity index (χ1v) is 5.33. The molecule has 2 rings (SSSR count). The highest BCUT2D eigenvalue weighted by Crippen LogP contribution is 2.06. The first-order valence-electron chi connectivity index (χ1n) is 5.33. The van der Waals surface area contributed by atoms with Gasteiger partial charge in [-0.15, -0.1) is 0 Å². The zero-order chi connectivity index (χ0) is 13.0. The van der Waals surface area contributed by atoms with Crippen LogP contribution in [0.3, 0.4) is 0 Å². The van der Waals surface area contributed by atoms with Crippen molar-refractivity contribution in [1.29, 1.82) is 0 Å². The number of nitrogens with two attached hydrogens (primary N) is 1. The number of anilines is 1. The van der Waals surface area contributed by atoms with Gasteiger partial charge < -0.3 is 11.1 Å². The number of benzene rings is 1. The first-order chi connectivity index (χ1) is 8.65. The second-order valence-corrected chi connectivity index (χ2v) is 3.73. The molecule has 2 aromatic rings. The van der Waals surface area contributed by atoms with E-state index < -0.39 is 0 Å². The smallest absolute Gasteiger partial charge is 0.271 e. The maximum atomic E-state index is 11.7. The lowest BCUT2D eigenvalue weighted by molar-refractivity contribution is 0.0945. The van der Waals surface area contributed by atoms with E-state index in [9.17, 15) is 9.59 Å². The molecule has 92 valence electrons. The maximum absolute atomic E-state index is 11.7. The minimum atomic E-state index is -0.353. The topological polar surface area (TPSA) is 101 Å². The summed E-state index contributed by atoms with van der Waals surface area (Å²) >= 11 is 0. The molecule has 4 N–H and O–H groups in total. The zero-order valence-electron chi connectivity index (χ0n) is 9.51. The summed E-state index contributed by atoms with van der Waals surface area (Å²) in [4.78, 5) is 22.5. The van der Waals surface area contributed by atoms with E-state index in [0.29, 0.717) is 12.2 Å². The number of carbonyl (C=O) groups excluding carboxylic acids is 1. The van der Waals surface area contributed by atoms with Crippen LogP contribution >= 0.6 is 0 Å². The van der Waals surface area contributed by atoms with Crippen LogP contribution in [0, 0.1) is 0 Å². The van der Waals surface area contributed by atoms with Crippen LogP contribution in [-0.4, -0.2) is 16.1 Å². The molecule has 0 bridgehead atoms. The standard InChI is InChI=1S/C12H12N4O2/c13-9-3-1-2-8(6-9)7-14-12(18)10-4-5-11(17)16-15-10/h1-6H,7,13H2,(H,14,18)(H,16,17). The van der Waals surface area contributed by atoms with Crippen molar-refractivity contribution in [3.05, 3.63) is 58.0 Å². The van der Waals surface area contributed by atoms with Crippen molar-refractivity contribution in [1.82, 2.24) is 15.5 Å². The van der Waals surface area contributed by atoms with E-state index in [0.717, 1.165) is 5.56 Å². The Morgan fingerprint density at radius 3 is 2.83 bits per heavy atom. The second kappa shape index (κ2) is 5.13. The summed E-state index contributed by atoms with van der Waals surface area (Å²) in [6, 6.07) is 9.84. The minimum absolute atomic E-state index is 0.165. The fourth-order valence-electron chi connectivity index (χ4n) is 1.45. The molecule has 6 nitrogen and oxygen atoms in total. The summed E-state index contributed by atoms with van der Waals surface area (Å²) in [6.45, 7) is 0.352. The van der Waals surface area contributed by atoms with E-state index in [4.69, 9.17) is 5.73 Å². The van der Waals surface area contributed by atoms with E-state index in [1.165, 1.54) is 12.1 Å². The quantitative estimate of drug-likeness (QED) is 0.675. The molecular weight excluding hydrogens is 232 g/mol. The molecule has 0 aliphatic heterocycles. The van der Waals surface area contributed by atoms with Crippen LogP contribution < -0.4 is 16.6 Å². The van der Waals surface area contributed by atoms with Crippen LogP contribution in [0.1, 0.15) is 16.1 Å². The molecule has 1 aromatic heterocycles. The van der Waals surface area contributed by atoms with E-state index in [-0.39, 0.29) is 17.2 Å². The highest BCUT2D eigenvalue weighted by atomic mass is 16.2. The Morgan fingerprint density at radius 2 is 2.17 bits per heavy atom. The lowest BCUT2D eigenvalue weighted by atomic mass is 10.2. The molecule has 0 radical (unpaired) electrons. The number of hydrogen-bond donors (Lipinski definition) is 3. The Labute approximate surface area is 103 Å². The van der Waals surface area contributed by atoms with Gasteiger partial charge in [-0.3, -0.25) is 9.59 Å². The molecule has 0 saturated heterocycles. The molecule has 0 fully saturated rings. The summed E-state index contributed by atoms with van der Waals surface area (Å²) in [5, 5.41) is 8.52. The molecule has 0 unspecified atom stereocenters. The fraction of sp³-hybridized carbons (Fsp3) is 0.0833. The molecule has 6 heteroatoms. The van der Waals surface area contributed by atoms with Crippen LogP contribution in [0.2, 0.25) is 0 Å². The molecule has 0 saturated carbocycles. The fourth-order valence-corrected chi connectivity index (χ4v) is 1.45. The van der Waals surface area contributed by atoms with E-state index in [2.05, 4.69) is 15.5 Å². The van der Waals surface area contributed by atoms with Crippen LogP contribution in [0.25, 0.3) is 0 Å². The molecule has 0 aliphatic rings. The number of amides is 1. The van der Waals surface area contributed by atoms with Crippen LogP contribution in [0.4, 0.5) is 5.69 Å². The number of H-pyrrole nitrogens is 1. The van der Waals surface area contributed by atoms with Gasteiger partial charge in [0.2, 0.25) is 0 Å². The normalized spacial score (nSPS) is 10.0. The van der Waals surface area contributed by atoms with E-state index in [1.807, 2.05) is 12.1 Å². The number of nitrogen functional groups attached to an aromatic ring is 1. The third-order valence-corrected chi connectivity index (χ3v) is 2.32. The number of nitrogens with zero attached hydrogens (tertiary/aromatic N) is 1. The molecular formula is C12H12N4O2. The Bertz CT molecular complexity index is 601. The lowest BCUT2D eigenvalue weighted by Gasteiger charge is -2.05. The molecule has 0 aliphatic carbocycles. The number of hydrogen-bond acceptors (Lipinski definition) is 4. The highest BCUT2D eigenvalue weighted by Gasteiger charge is 2.06. The number of rotatable bonds is 3. The second-order valence-electron chi connectivity index (χ2n) is 3.73. The van der Waals surface area contributed by atoms with Crippen molar-refractivity contribution >= 4 is 11.6 Å². The minimum Gasteiger partial charge on any atom is -0.399 e. The van der Waals surface area contributed by atoms with Gasteiger partial charge >= 0.3 is 0 Å². The van der Waals surface area contributed by atoms with Crippen molar-refractivity contribution in [2.45, 2.75) is 6.54 Å². The van der Waals surface area contributed by atoms with Gasteiger partial charge in [0.05, 0.1) is 0 Å². The van der Waals surface area contributed by atoms with Crippen molar-refractivity contribution < 1.29 is 4.79 Å². The van der Waals surface area contributed by atoms with Gasteiger partial charge in [0.1, 0.15) is 5.69 Å². The lowest BCUT2D eigenvalue weighted by Crippen LogP contribution is -2.25. The third-order valence-electron chi connectivity index (χ3n) is 2.32.